The predicted molar refractivity (Wildman–Crippen MR) is 94.3 cm³/mol. The number of amides is 3. The van der Waals surface area contributed by atoms with Gasteiger partial charge in [0, 0.05) is 25.7 Å². The van der Waals surface area contributed by atoms with Gasteiger partial charge in [-0.2, -0.15) is 0 Å². The number of hydrogen-bond donors (Lipinski definition) is 2. The van der Waals surface area contributed by atoms with E-state index in [2.05, 4.69) is 10.6 Å². The molecule has 3 amide bonds. The smallest absolute Gasteiger partial charge is 0.318 e. The third kappa shape index (κ3) is 4.02. The maximum absolute atomic E-state index is 12.5. The SMILES string of the molecule is CNC(=O)c1cccc(CCNC(=O)N2CCCC2c2ccco2)c1. The predicted octanol–water partition coefficient (Wildman–Crippen LogP) is 2.73. The molecule has 2 N–H and O–H groups in total. The van der Waals surface area contributed by atoms with Gasteiger partial charge in [-0.25, -0.2) is 4.79 Å². The highest BCUT2D eigenvalue weighted by Crippen LogP contribution is 2.31. The van der Waals surface area contributed by atoms with Crippen LogP contribution in [-0.4, -0.2) is 37.0 Å². The monoisotopic (exact) mass is 341 g/mol. The van der Waals surface area contributed by atoms with Crippen LogP contribution in [0.3, 0.4) is 0 Å². The van der Waals surface area contributed by atoms with Gasteiger partial charge in [-0.05, 0) is 49.1 Å². The molecule has 3 rings (SSSR count). The molecule has 2 aromatic rings. The van der Waals surface area contributed by atoms with Crippen LogP contribution in [-0.2, 0) is 6.42 Å². The van der Waals surface area contributed by atoms with Gasteiger partial charge in [0.25, 0.3) is 5.91 Å². The zero-order chi connectivity index (χ0) is 17.6. The van der Waals surface area contributed by atoms with Crippen LogP contribution in [0.25, 0.3) is 0 Å². The van der Waals surface area contributed by atoms with Crippen molar-refractivity contribution in [3.05, 3.63) is 59.5 Å². The molecule has 1 saturated heterocycles. The molecule has 0 spiro atoms. The summed E-state index contributed by atoms with van der Waals surface area (Å²) in [6, 6.07) is 11.2. The first kappa shape index (κ1) is 17.1. The fraction of sp³-hybridized carbons (Fsp3) is 0.368. The first-order chi connectivity index (χ1) is 12.2. The van der Waals surface area contributed by atoms with E-state index in [9.17, 15) is 9.59 Å². The van der Waals surface area contributed by atoms with Crippen LogP contribution < -0.4 is 10.6 Å². The number of benzene rings is 1. The molecule has 6 heteroatoms. The molecule has 0 saturated carbocycles. The molecule has 1 aromatic heterocycles. The van der Waals surface area contributed by atoms with Crippen molar-refractivity contribution < 1.29 is 14.0 Å². The van der Waals surface area contributed by atoms with Gasteiger partial charge in [-0.1, -0.05) is 12.1 Å². The quantitative estimate of drug-likeness (QED) is 0.878. The largest absolute Gasteiger partial charge is 0.467 e. The Hall–Kier alpha value is -2.76. The molecular weight excluding hydrogens is 318 g/mol. The van der Waals surface area contributed by atoms with Gasteiger partial charge in [-0.15, -0.1) is 0 Å². The summed E-state index contributed by atoms with van der Waals surface area (Å²) in [6.07, 6.45) is 4.22. The van der Waals surface area contributed by atoms with E-state index in [-0.39, 0.29) is 18.0 Å². The number of furan rings is 1. The number of hydrogen-bond acceptors (Lipinski definition) is 3. The number of rotatable bonds is 5. The lowest BCUT2D eigenvalue weighted by atomic mass is 10.1. The summed E-state index contributed by atoms with van der Waals surface area (Å²) in [5, 5.41) is 5.59. The highest BCUT2D eigenvalue weighted by Gasteiger charge is 2.31. The van der Waals surface area contributed by atoms with Gasteiger partial charge in [-0.3, -0.25) is 4.79 Å². The molecule has 6 nitrogen and oxygen atoms in total. The third-order valence-electron chi connectivity index (χ3n) is 4.49. The van der Waals surface area contributed by atoms with Crippen molar-refractivity contribution in [1.29, 1.82) is 0 Å². The lowest BCUT2D eigenvalue weighted by Crippen LogP contribution is -2.40. The number of nitrogens with zero attached hydrogens (tertiary/aromatic N) is 1. The zero-order valence-electron chi connectivity index (χ0n) is 14.3. The van der Waals surface area contributed by atoms with E-state index in [1.807, 2.05) is 35.2 Å². The lowest BCUT2D eigenvalue weighted by Gasteiger charge is -2.23. The Morgan fingerprint density at radius 2 is 2.16 bits per heavy atom. The number of nitrogens with one attached hydrogen (secondary N) is 2. The van der Waals surface area contributed by atoms with Crippen molar-refractivity contribution in [2.45, 2.75) is 25.3 Å². The first-order valence-electron chi connectivity index (χ1n) is 8.58. The third-order valence-corrected chi connectivity index (χ3v) is 4.49. The molecule has 1 aliphatic rings. The molecule has 1 unspecified atom stereocenters. The first-order valence-corrected chi connectivity index (χ1v) is 8.58. The minimum Gasteiger partial charge on any atom is -0.467 e. The van der Waals surface area contributed by atoms with Crippen molar-refractivity contribution >= 4 is 11.9 Å². The van der Waals surface area contributed by atoms with Crippen molar-refractivity contribution in [1.82, 2.24) is 15.5 Å². The summed E-state index contributed by atoms with van der Waals surface area (Å²) in [5.74, 6) is 0.732. The highest BCUT2D eigenvalue weighted by atomic mass is 16.3. The Labute approximate surface area is 147 Å². The second-order valence-electron chi connectivity index (χ2n) is 6.13. The van der Waals surface area contributed by atoms with Crippen LogP contribution in [0.2, 0.25) is 0 Å². The second-order valence-corrected chi connectivity index (χ2v) is 6.13. The minimum absolute atomic E-state index is 0.0200. The van der Waals surface area contributed by atoms with Crippen molar-refractivity contribution in [3.63, 3.8) is 0 Å². The molecule has 1 aromatic carbocycles. The van der Waals surface area contributed by atoms with E-state index in [1.165, 1.54) is 0 Å². The van der Waals surface area contributed by atoms with Crippen LogP contribution >= 0.6 is 0 Å². The molecule has 2 heterocycles. The van der Waals surface area contributed by atoms with Gasteiger partial charge >= 0.3 is 6.03 Å². The fourth-order valence-corrected chi connectivity index (χ4v) is 3.21. The van der Waals surface area contributed by atoms with Crippen LogP contribution in [0.5, 0.6) is 0 Å². The van der Waals surface area contributed by atoms with Crippen molar-refractivity contribution in [2.75, 3.05) is 20.1 Å². The molecule has 1 atom stereocenters. The summed E-state index contributed by atoms with van der Waals surface area (Å²) in [6.45, 7) is 1.26. The van der Waals surface area contributed by atoms with E-state index >= 15 is 0 Å². The molecule has 25 heavy (non-hydrogen) atoms. The second kappa shape index (κ2) is 7.88. The number of carbonyl (C=O) groups excluding carboxylic acids is 2. The van der Waals surface area contributed by atoms with Crippen LogP contribution in [0.4, 0.5) is 4.79 Å². The molecule has 0 radical (unpaired) electrons. The van der Waals surface area contributed by atoms with Crippen LogP contribution in [0.1, 0.15) is 40.6 Å². The van der Waals surface area contributed by atoms with E-state index < -0.39 is 0 Å². The van der Waals surface area contributed by atoms with Crippen molar-refractivity contribution in [3.8, 4) is 0 Å². The summed E-state index contributed by atoms with van der Waals surface area (Å²) < 4.78 is 5.46. The Bertz CT molecular complexity index is 727. The molecule has 1 aliphatic heterocycles. The zero-order valence-corrected chi connectivity index (χ0v) is 14.3. The Morgan fingerprint density at radius 1 is 1.28 bits per heavy atom. The lowest BCUT2D eigenvalue weighted by molar-refractivity contribution is 0.0963. The topological polar surface area (TPSA) is 74.6 Å². The summed E-state index contributed by atoms with van der Waals surface area (Å²) in [4.78, 5) is 26.0. The highest BCUT2D eigenvalue weighted by molar-refractivity contribution is 5.94. The molecular formula is C19H23N3O3. The van der Waals surface area contributed by atoms with E-state index in [0.29, 0.717) is 18.5 Å². The van der Waals surface area contributed by atoms with Gasteiger partial charge in [0.1, 0.15) is 5.76 Å². The van der Waals surface area contributed by atoms with Gasteiger partial charge in [0.05, 0.1) is 12.3 Å². The van der Waals surface area contributed by atoms with Gasteiger partial charge in [0.2, 0.25) is 0 Å². The van der Waals surface area contributed by atoms with Gasteiger partial charge < -0.3 is 20.0 Å². The van der Waals surface area contributed by atoms with Crippen LogP contribution in [0.15, 0.2) is 47.1 Å². The van der Waals surface area contributed by atoms with E-state index in [1.54, 1.807) is 19.4 Å². The number of carbonyl (C=O) groups is 2. The summed E-state index contributed by atoms with van der Waals surface area (Å²) >= 11 is 0. The van der Waals surface area contributed by atoms with Gasteiger partial charge in [0.15, 0.2) is 0 Å². The Kier molecular flexibility index (Phi) is 5.38. The normalized spacial score (nSPS) is 16.7. The average Bonchev–Trinajstić information content (AvgIpc) is 3.32. The number of urea groups is 1. The molecule has 0 bridgehead atoms. The Balaban J connectivity index is 1.53. The molecule has 1 fully saturated rings. The van der Waals surface area contributed by atoms with E-state index in [0.717, 1.165) is 30.7 Å². The fourth-order valence-electron chi connectivity index (χ4n) is 3.21. The summed E-state index contributed by atoms with van der Waals surface area (Å²) in [7, 11) is 1.61. The maximum atomic E-state index is 12.5. The van der Waals surface area contributed by atoms with E-state index in [4.69, 9.17) is 4.42 Å². The minimum atomic E-state index is -0.107. The molecule has 132 valence electrons. The molecule has 0 aliphatic carbocycles. The average molecular weight is 341 g/mol. The summed E-state index contributed by atoms with van der Waals surface area (Å²) in [5.41, 5.74) is 1.65. The standard InChI is InChI=1S/C19H23N3O3/c1-20-18(23)15-6-2-5-14(13-15)9-10-21-19(24)22-11-3-7-16(22)17-8-4-12-25-17/h2,4-6,8,12-13,16H,3,7,9-11H2,1H3,(H,20,23)(H,21,24). The van der Waals surface area contributed by atoms with Crippen LogP contribution in [0, 0.1) is 0 Å². The maximum Gasteiger partial charge on any atom is 0.318 e. The van der Waals surface area contributed by atoms with Crippen molar-refractivity contribution in [2.24, 2.45) is 0 Å². The Morgan fingerprint density at radius 3 is 2.92 bits per heavy atom. The number of likely N-dealkylation sites (tertiary alicyclic amines) is 1.